The largest absolute Gasteiger partial charge is 0.322 e. The van der Waals surface area contributed by atoms with Crippen LogP contribution in [0.5, 0.6) is 0 Å². The van der Waals surface area contributed by atoms with Crippen molar-refractivity contribution in [3.05, 3.63) is 83.6 Å². The van der Waals surface area contributed by atoms with Gasteiger partial charge in [-0.15, -0.1) is 0 Å². The summed E-state index contributed by atoms with van der Waals surface area (Å²) in [5, 5.41) is 2.45. The average molecular weight is 324 g/mol. The van der Waals surface area contributed by atoms with Gasteiger partial charge >= 0.3 is 0 Å². The lowest BCUT2D eigenvalue weighted by molar-refractivity contribution is 0.102. The first-order valence-corrected chi connectivity index (χ1v) is 7.32. The maximum Gasteiger partial charge on any atom is 0.257 e. The highest BCUT2D eigenvalue weighted by Gasteiger charge is 2.09. The van der Waals surface area contributed by atoms with E-state index in [0.29, 0.717) is 5.56 Å². The molecule has 0 fully saturated rings. The number of carbonyl (C=O) groups excluding carboxylic acids is 1. The molecule has 5 heteroatoms. The van der Waals surface area contributed by atoms with Crippen molar-refractivity contribution in [2.24, 2.45) is 0 Å². The fourth-order valence-electron chi connectivity index (χ4n) is 2.33. The number of aromatic nitrogens is 1. The van der Waals surface area contributed by atoms with Gasteiger partial charge in [0.15, 0.2) is 0 Å². The number of aryl methyl sites for hydroxylation is 1. The summed E-state index contributed by atoms with van der Waals surface area (Å²) in [6, 6.07) is 14.1. The summed E-state index contributed by atoms with van der Waals surface area (Å²) in [4.78, 5) is 16.4. The number of nitrogens with zero attached hydrogens (tertiary/aromatic N) is 1. The first-order valence-electron chi connectivity index (χ1n) is 7.32. The van der Waals surface area contributed by atoms with Crippen molar-refractivity contribution in [2.45, 2.75) is 6.92 Å². The van der Waals surface area contributed by atoms with Crippen LogP contribution >= 0.6 is 0 Å². The molecule has 2 aromatic carbocycles. The molecular formula is C19H14F2N2O. The highest BCUT2D eigenvalue weighted by molar-refractivity contribution is 6.04. The van der Waals surface area contributed by atoms with Crippen molar-refractivity contribution < 1.29 is 13.6 Å². The van der Waals surface area contributed by atoms with E-state index in [0.717, 1.165) is 35.0 Å². The first-order chi connectivity index (χ1) is 11.5. The molecule has 0 saturated carbocycles. The van der Waals surface area contributed by atoms with Gasteiger partial charge < -0.3 is 5.32 Å². The Labute approximate surface area is 138 Å². The lowest BCUT2D eigenvalue weighted by atomic mass is 10.1. The standard InChI is InChI=1S/C19H14F2N2O/c1-12-3-2-4-13(7-12)18-6-5-14(11-22-18)19(24)23-17-9-15(20)8-16(21)10-17/h2-11H,1H3,(H,23,24). The molecule has 3 aromatic rings. The number of halogens is 2. The Hall–Kier alpha value is -3.08. The topological polar surface area (TPSA) is 42.0 Å². The lowest BCUT2D eigenvalue weighted by Crippen LogP contribution is -2.12. The molecule has 24 heavy (non-hydrogen) atoms. The zero-order chi connectivity index (χ0) is 17.1. The van der Waals surface area contributed by atoms with E-state index in [1.807, 2.05) is 31.2 Å². The predicted molar refractivity (Wildman–Crippen MR) is 88.7 cm³/mol. The number of nitrogens with one attached hydrogen (secondary N) is 1. The Kier molecular flexibility index (Phi) is 4.33. The van der Waals surface area contributed by atoms with Crippen molar-refractivity contribution >= 4 is 11.6 Å². The SMILES string of the molecule is Cc1cccc(-c2ccc(C(=O)Nc3cc(F)cc(F)c3)cn2)c1. The molecule has 0 aliphatic carbocycles. The monoisotopic (exact) mass is 324 g/mol. The molecule has 0 spiro atoms. The zero-order valence-corrected chi connectivity index (χ0v) is 12.9. The number of hydrogen-bond acceptors (Lipinski definition) is 2. The van der Waals surface area contributed by atoms with Gasteiger partial charge in [-0.05, 0) is 37.3 Å². The highest BCUT2D eigenvalue weighted by atomic mass is 19.1. The van der Waals surface area contributed by atoms with E-state index in [1.165, 1.54) is 6.20 Å². The Morgan fingerprint density at radius 2 is 1.75 bits per heavy atom. The van der Waals surface area contributed by atoms with Gasteiger partial charge in [0.2, 0.25) is 0 Å². The molecule has 0 bridgehead atoms. The number of anilines is 1. The normalized spacial score (nSPS) is 10.5. The summed E-state index contributed by atoms with van der Waals surface area (Å²) in [5.41, 5.74) is 3.17. The molecule has 3 nitrogen and oxygen atoms in total. The zero-order valence-electron chi connectivity index (χ0n) is 12.9. The van der Waals surface area contributed by atoms with E-state index in [9.17, 15) is 13.6 Å². The predicted octanol–water partition coefficient (Wildman–Crippen LogP) is 4.59. The summed E-state index contributed by atoms with van der Waals surface area (Å²) in [6.45, 7) is 1.99. The number of pyridine rings is 1. The third-order valence-electron chi connectivity index (χ3n) is 3.46. The minimum atomic E-state index is -0.752. The minimum absolute atomic E-state index is 0.0558. The number of hydrogen-bond donors (Lipinski definition) is 1. The van der Waals surface area contributed by atoms with E-state index in [1.54, 1.807) is 12.1 Å². The third kappa shape index (κ3) is 3.63. The molecule has 1 aromatic heterocycles. The Balaban J connectivity index is 1.79. The van der Waals surface area contributed by atoms with E-state index in [-0.39, 0.29) is 5.69 Å². The number of amides is 1. The molecule has 0 aliphatic heterocycles. The van der Waals surface area contributed by atoms with Crippen molar-refractivity contribution in [3.63, 3.8) is 0 Å². The molecule has 120 valence electrons. The molecule has 0 aliphatic rings. The smallest absolute Gasteiger partial charge is 0.257 e. The van der Waals surface area contributed by atoms with Gasteiger partial charge in [0.25, 0.3) is 5.91 Å². The van der Waals surface area contributed by atoms with Crippen LogP contribution in [0.15, 0.2) is 60.8 Å². The van der Waals surface area contributed by atoms with Gasteiger partial charge in [-0.3, -0.25) is 9.78 Å². The fraction of sp³-hybridized carbons (Fsp3) is 0.0526. The molecular weight excluding hydrogens is 310 g/mol. The second kappa shape index (κ2) is 6.58. The van der Waals surface area contributed by atoms with Crippen LogP contribution < -0.4 is 5.32 Å². The number of carbonyl (C=O) groups is 1. The van der Waals surface area contributed by atoms with Crippen molar-refractivity contribution in [1.82, 2.24) is 4.98 Å². The molecule has 0 unspecified atom stereocenters. The van der Waals surface area contributed by atoms with E-state index >= 15 is 0 Å². The first kappa shape index (κ1) is 15.8. The summed E-state index contributed by atoms with van der Waals surface area (Å²) in [5.74, 6) is -1.99. The van der Waals surface area contributed by atoms with Crippen LogP contribution in [0.2, 0.25) is 0 Å². The van der Waals surface area contributed by atoms with Crippen LogP contribution in [0.4, 0.5) is 14.5 Å². The van der Waals surface area contributed by atoms with Crippen LogP contribution in [0.1, 0.15) is 15.9 Å². The third-order valence-corrected chi connectivity index (χ3v) is 3.46. The van der Waals surface area contributed by atoms with Crippen LogP contribution in [0, 0.1) is 18.6 Å². The summed E-state index contributed by atoms with van der Waals surface area (Å²) in [6.07, 6.45) is 1.43. The Morgan fingerprint density at radius 3 is 2.38 bits per heavy atom. The van der Waals surface area contributed by atoms with Gasteiger partial charge in [-0.1, -0.05) is 23.8 Å². The lowest BCUT2D eigenvalue weighted by Gasteiger charge is -2.07. The quantitative estimate of drug-likeness (QED) is 0.766. The maximum atomic E-state index is 13.2. The Bertz CT molecular complexity index is 872. The van der Waals surface area contributed by atoms with Crippen molar-refractivity contribution in [1.29, 1.82) is 0 Å². The summed E-state index contributed by atoms with van der Waals surface area (Å²) >= 11 is 0. The van der Waals surface area contributed by atoms with E-state index in [2.05, 4.69) is 10.3 Å². The van der Waals surface area contributed by atoms with Crippen LogP contribution in [0.25, 0.3) is 11.3 Å². The van der Waals surface area contributed by atoms with Crippen molar-refractivity contribution in [2.75, 3.05) is 5.32 Å². The van der Waals surface area contributed by atoms with Gasteiger partial charge in [0.05, 0.1) is 11.3 Å². The van der Waals surface area contributed by atoms with Gasteiger partial charge in [0.1, 0.15) is 11.6 Å². The molecule has 0 radical (unpaired) electrons. The number of rotatable bonds is 3. The minimum Gasteiger partial charge on any atom is -0.322 e. The summed E-state index contributed by atoms with van der Waals surface area (Å²) < 4.78 is 26.3. The van der Waals surface area contributed by atoms with Gasteiger partial charge in [-0.2, -0.15) is 0 Å². The molecule has 0 saturated heterocycles. The fourth-order valence-corrected chi connectivity index (χ4v) is 2.33. The van der Waals surface area contributed by atoms with Crippen LogP contribution in [-0.4, -0.2) is 10.9 Å². The Morgan fingerprint density at radius 1 is 1.00 bits per heavy atom. The molecule has 0 atom stereocenters. The molecule has 1 heterocycles. The molecule has 3 rings (SSSR count). The van der Waals surface area contributed by atoms with Crippen LogP contribution in [0.3, 0.4) is 0 Å². The second-order valence-electron chi connectivity index (χ2n) is 5.41. The van der Waals surface area contributed by atoms with E-state index < -0.39 is 17.5 Å². The highest BCUT2D eigenvalue weighted by Crippen LogP contribution is 2.19. The summed E-state index contributed by atoms with van der Waals surface area (Å²) in [7, 11) is 0. The molecule has 1 amide bonds. The average Bonchev–Trinajstić information content (AvgIpc) is 2.54. The van der Waals surface area contributed by atoms with Crippen LogP contribution in [-0.2, 0) is 0 Å². The molecule has 1 N–H and O–H groups in total. The van der Waals surface area contributed by atoms with Gasteiger partial charge in [0, 0.05) is 23.5 Å². The van der Waals surface area contributed by atoms with Crippen molar-refractivity contribution in [3.8, 4) is 11.3 Å². The second-order valence-corrected chi connectivity index (χ2v) is 5.41. The number of benzene rings is 2. The maximum absolute atomic E-state index is 13.2. The van der Waals surface area contributed by atoms with E-state index in [4.69, 9.17) is 0 Å². The van der Waals surface area contributed by atoms with Gasteiger partial charge in [-0.25, -0.2) is 8.78 Å².